The van der Waals surface area contributed by atoms with Crippen molar-refractivity contribution in [2.75, 3.05) is 0 Å². The van der Waals surface area contributed by atoms with Gasteiger partial charge in [-0.3, -0.25) is 9.78 Å². The number of rotatable bonds is 8. The second-order valence-corrected chi connectivity index (χ2v) is 6.25. The summed E-state index contributed by atoms with van der Waals surface area (Å²) in [6.45, 7) is 0. The Bertz CT molecular complexity index is 674. The SMILES string of the molecule is O=C(Cc1cccs1)C[C@@H](Cc1cc(C(=O)O)ccn1)B(O)O. The number of carbonyl (C=O) groups excluding carboxylic acids is 1. The zero-order valence-electron chi connectivity index (χ0n) is 12.3. The van der Waals surface area contributed by atoms with Gasteiger partial charge in [0, 0.05) is 35.4 Å². The number of pyridine rings is 1. The van der Waals surface area contributed by atoms with Crippen LogP contribution in [0.15, 0.2) is 35.8 Å². The molecule has 0 unspecified atom stereocenters. The molecule has 0 amide bonds. The van der Waals surface area contributed by atoms with Gasteiger partial charge in [0.1, 0.15) is 5.78 Å². The van der Waals surface area contributed by atoms with Crippen LogP contribution in [0.5, 0.6) is 0 Å². The van der Waals surface area contributed by atoms with Crippen LogP contribution in [0.2, 0.25) is 5.82 Å². The van der Waals surface area contributed by atoms with Crippen molar-refractivity contribution in [3.8, 4) is 0 Å². The number of hydrogen-bond acceptors (Lipinski definition) is 6. The lowest BCUT2D eigenvalue weighted by Crippen LogP contribution is -2.25. The molecule has 3 N–H and O–H groups in total. The number of aromatic carboxylic acids is 1. The highest BCUT2D eigenvalue weighted by molar-refractivity contribution is 7.10. The van der Waals surface area contributed by atoms with Crippen molar-refractivity contribution in [2.45, 2.75) is 25.1 Å². The summed E-state index contributed by atoms with van der Waals surface area (Å²) in [6, 6.07) is 6.44. The predicted octanol–water partition coefficient (Wildman–Crippen LogP) is 1.43. The number of Topliss-reactive ketones (excluding diaryl/α,β-unsaturated/α-hetero) is 1. The van der Waals surface area contributed by atoms with E-state index in [1.165, 1.54) is 29.7 Å². The summed E-state index contributed by atoms with van der Waals surface area (Å²) in [6.07, 6.45) is 1.72. The number of ketones is 1. The fourth-order valence-electron chi connectivity index (χ4n) is 2.25. The molecule has 8 heteroatoms. The van der Waals surface area contributed by atoms with E-state index in [1.807, 2.05) is 17.5 Å². The highest BCUT2D eigenvalue weighted by atomic mass is 32.1. The number of hydrogen-bond donors (Lipinski definition) is 3. The Kier molecular flexibility index (Phi) is 6.03. The van der Waals surface area contributed by atoms with Crippen molar-refractivity contribution in [1.82, 2.24) is 4.98 Å². The molecule has 0 fully saturated rings. The third kappa shape index (κ3) is 5.28. The maximum Gasteiger partial charge on any atom is 0.455 e. The summed E-state index contributed by atoms with van der Waals surface area (Å²) in [7, 11) is -1.67. The van der Waals surface area contributed by atoms with Crippen molar-refractivity contribution < 1.29 is 24.7 Å². The molecule has 0 aliphatic heterocycles. The Morgan fingerprint density at radius 2 is 2.09 bits per heavy atom. The van der Waals surface area contributed by atoms with Crippen LogP contribution in [0, 0.1) is 0 Å². The number of thiophene rings is 1. The highest BCUT2D eigenvalue weighted by Crippen LogP contribution is 2.21. The first-order chi connectivity index (χ1) is 11.0. The highest BCUT2D eigenvalue weighted by Gasteiger charge is 2.27. The molecule has 0 aliphatic rings. The van der Waals surface area contributed by atoms with E-state index in [0.29, 0.717) is 5.69 Å². The maximum absolute atomic E-state index is 12.1. The standard InChI is InChI=1S/C15H16BNO5S/c18-13(9-14-2-1-5-23-14)8-11(16(21)22)7-12-6-10(15(19)20)3-4-17-12/h1-6,11,21-22H,7-9H2,(H,19,20)/t11-/m1/s1. The number of carbonyl (C=O) groups is 2. The van der Waals surface area contributed by atoms with Crippen molar-refractivity contribution in [1.29, 1.82) is 0 Å². The molecular weight excluding hydrogens is 317 g/mol. The van der Waals surface area contributed by atoms with E-state index in [0.717, 1.165) is 4.88 Å². The van der Waals surface area contributed by atoms with Gasteiger partial charge in [0.25, 0.3) is 0 Å². The zero-order chi connectivity index (χ0) is 16.8. The van der Waals surface area contributed by atoms with Gasteiger partial charge >= 0.3 is 13.1 Å². The van der Waals surface area contributed by atoms with Crippen LogP contribution in [0.3, 0.4) is 0 Å². The largest absolute Gasteiger partial charge is 0.478 e. The van der Waals surface area contributed by atoms with Crippen LogP contribution in [0.25, 0.3) is 0 Å². The second-order valence-electron chi connectivity index (χ2n) is 5.22. The number of nitrogens with zero attached hydrogens (tertiary/aromatic N) is 1. The second kappa shape index (κ2) is 8.00. The number of carboxylic acid groups (broad SMARTS) is 1. The molecule has 23 heavy (non-hydrogen) atoms. The topological polar surface area (TPSA) is 108 Å². The van der Waals surface area contributed by atoms with Gasteiger partial charge in [0.15, 0.2) is 0 Å². The molecule has 0 saturated heterocycles. The van der Waals surface area contributed by atoms with E-state index in [4.69, 9.17) is 5.11 Å². The van der Waals surface area contributed by atoms with Crippen LogP contribution in [-0.4, -0.2) is 39.0 Å². The summed E-state index contributed by atoms with van der Waals surface area (Å²) in [5.74, 6) is -1.90. The van der Waals surface area contributed by atoms with Gasteiger partial charge in [0.05, 0.1) is 5.56 Å². The van der Waals surface area contributed by atoms with Crippen molar-refractivity contribution in [3.63, 3.8) is 0 Å². The molecule has 6 nitrogen and oxygen atoms in total. The van der Waals surface area contributed by atoms with E-state index in [2.05, 4.69) is 4.98 Å². The molecule has 0 saturated carbocycles. The van der Waals surface area contributed by atoms with Gasteiger partial charge in [-0.2, -0.15) is 0 Å². The van der Waals surface area contributed by atoms with Crippen molar-refractivity contribution in [2.24, 2.45) is 0 Å². The third-order valence-electron chi connectivity index (χ3n) is 3.40. The molecule has 0 spiro atoms. The normalized spacial score (nSPS) is 11.9. The van der Waals surface area contributed by atoms with E-state index in [1.54, 1.807) is 0 Å². The van der Waals surface area contributed by atoms with Gasteiger partial charge in [-0.25, -0.2) is 4.79 Å². The summed E-state index contributed by atoms with van der Waals surface area (Å²) < 4.78 is 0. The smallest absolute Gasteiger partial charge is 0.455 e. The Balaban J connectivity index is 2.02. The fraction of sp³-hybridized carbons (Fsp3) is 0.267. The fourth-order valence-corrected chi connectivity index (χ4v) is 2.98. The Morgan fingerprint density at radius 1 is 1.30 bits per heavy atom. The van der Waals surface area contributed by atoms with E-state index >= 15 is 0 Å². The van der Waals surface area contributed by atoms with Crippen LogP contribution >= 0.6 is 11.3 Å². The monoisotopic (exact) mass is 333 g/mol. The van der Waals surface area contributed by atoms with Crippen LogP contribution in [-0.2, 0) is 17.6 Å². The van der Waals surface area contributed by atoms with E-state index in [9.17, 15) is 19.6 Å². The van der Waals surface area contributed by atoms with Crippen LogP contribution in [0.4, 0.5) is 0 Å². The Hall–Kier alpha value is -2.03. The molecule has 2 aromatic heterocycles. The molecule has 2 aromatic rings. The quantitative estimate of drug-likeness (QED) is 0.631. The molecule has 2 rings (SSSR count). The molecule has 0 radical (unpaired) electrons. The molecule has 120 valence electrons. The zero-order valence-corrected chi connectivity index (χ0v) is 13.1. The summed E-state index contributed by atoms with van der Waals surface area (Å²) in [5.41, 5.74) is 0.484. The molecule has 1 atom stereocenters. The van der Waals surface area contributed by atoms with Gasteiger partial charge in [-0.15, -0.1) is 11.3 Å². The lowest BCUT2D eigenvalue weighted by Gasteiger charge is -2.14. The molecular formula is C15H16BNO5S. The van der Waals surface area contributed by atoms with Crippen LogP contribution in [0.1, 0.15) is 27.3 Å². The molecule has 0 bridgehead atoms. The predicted molar refractivity (Wildman–Crippen MR) is 86.5 cm³/mol. The van der Waals surface area contributed by atoms with Crippen molar-refractivity contribution in [3.05, 3.63) is 52.0 Å². The van der Waals surface area contributed by atoms with Crippen LogP contribution < -0.4 is 0 Å². The maximum atomic E-state index is 12.1. The minimum Gasteiger partial charge on any atom is -0.478 e. The lowest BCUT2D eigenvalue weighted by molar-refractivity contribution is -0.118. The minimum absolute atomic E-state index is 0.00541. The van der Waals surface area contributed by atoms with Gasteiger partial charge in [0.2, 0.25) is 0 Å². The summed E-state index contributed by atoms with van der Waals surface area (Å²) >= 11 is 1.47. The van der Waals surface area contributed by atoms with E-state index < -0.39 is 18.9 Å². The first-order valence-electron chi connectivity index (χ1n) is 7.04. The van der Waals surface area contributed by atoms with Gasteiger partial charge in [-0.05, 0) is 30.0 Å². The van der Waals surface area contributed by atoms with E-state index in [-0.39, 0.29) is 30.6 Å². The lowest BCUT2D eigenvalue weighted by atomic mass is 9.67. The summed E-state index contributed by atoms with van der Waals surface area (Å²) in [4.78, 5) is 28.0. The Labute approximate surface area is 137 Å². The molecule has 0 aliphatic carbocycles. The Morgan fingerprint density at radius 3 is 2.70 bits per heavy atom. The molecule has 2 heterocycles. The molecule has 0 aromatic carbocycles. The van der Waals surface area contributed by atoms with Crippen molar-refractivity contribution >= 4 is 30.2 Å². The average molecular weight is 333 g/mol. The third-order valence-corrected chi connectivity index (χ3v) is 4.27. The minimum atomic E-state index is -1.67. The average Bonchev–Trinajstić information content (AvgIpc) is 2.99. The first-order valence-corrected chi connectivity index (χ1v) is 7.92. The first kappa shape index (κ1) is 17.3. The van der Waals surface area contributed by atoms with Gasteiger partial charge < -0.3 is 15.2 Å². The number of carboxylic acids is 1. The summed E-state index contributed by atoms with van der Waals surface area (Å²) in [5, 5.41) is 29.8. The number of aromatic nitrogens is 1. The van der Waals surface area contributed by atoms with Gasteiger partial charge in [-0.1, -0.05) is 6.07 Å².